The number of nitrogen functional groups attached to an aromatic ring is 1. The highest BCUT2D eigenvalue weighted by molar-refractivity contribution is 6.32. The van der Waals surface area contributed by atoms with Gasteiger partial charge >= 0.3 is 5.97 Å². The molecule has 0 aliphatic heterocycles. The fraction of sp³-hybridized carbons (Fsp3) is 0.386. The summed E-state index contributed by atoms with van der Waals surface area (Å²) >= 11 is 0. The minimum Gasteiger partial charge on any atom is -0.493 e. The Kier molecular flexibility index (Phi) is 11.2. The standard InChI is InChI=1S/C44H50N2O5/c1-5-7-9-12-29-15-21-33(22-16-29)51-44(49)36-26-37(38-39(40(36)45)42(48)35-14-11-10-13-34(35)41(38)47)46-32-19-17-30(18-20-32)31-24-27(3)43(28(4)25-31)50-23-8-6-2/h10-11,13-14,17-20,24-26,29,33,46H,5-9,12,15-16,21-23,45H2,1-4H3. The van der Waals surface area contributed by atoms with Crippen LogP contribution in [0.5, 0.6) is 5.75 Å². The van der Waals surface area contributed by atoms with E-state index in [9.17, 15) is 14.4 Å². The number of carbonyl (C=O) groups excluding carboxylic acids is 3. The number of ether oxygens (including phenoxy) is 2. The molecule has 0 spiro atoms. The number of hydrogen-bond donors (Lipinski definition) is 2. The summed E-state index contributed by atoms with van der Waals surface area (Å²) in [6.45, 7) is 9.20. The molecule has 0 unspecified atom stereocenters. The Morgan fingerprint density at radius 3 is 2.04 bits per heavy atom. The van der Waals surface area contributed by atoms with Crippen molar-refractivity contribution in [1.29, 1.82) is 0 Å². The molecule has 0 radical (unpaired) electrons. The summed E-state index contributed by atoms with van der Waals surface area (Å²) in [4.78, 5) is 41.7. The highest BCUT2D eigenvalue weighted by atomic mass is 16.5. The lowest BCUT2D eigenvalue weighted by Gasteiger charge is -2.29. The van der Waals surface area contributed by atoms with E-state index >= 15 is 0 Å². The lowest BCUT2D eigenvalue weighted by Crippen LogP contribution is -2.27. The number of hydrogen-bond acceptors (Lipinski definition) is 7. The zero-order valence-electron chi connectivity index (χ0n) is 30.4. The average Bonchev–Trinajstić information content (AvgIpc) is 3.13. The Morgan fingerprint density at radius 2 is 1.41 bits per heavy atom. The van der Waals surface area contributed by atoms with Gasteiger partial charge in [0, 0.05) is 16.8 Å². The highest BCUT2D eigenvalue weighted by Gasteiger charge is 2.36. The van der Waals surface area contributed by atoms with Crippen molar-refractivity contribution in [3.63, 3.8) is 0 Å². The van der Waals surface area contributed by atoms with Crippen molar-refractivity contribution < 1.29 is 23.9 Å². The van der Waals surface area contributed by atoms with Gasteiger partial charge in [-0.05, 0) is 104 Å². The number of fused-ring (bicyclic) bond motifs is 2. The molecule has 1 fully saturated rings. The van der Waals surface area contributed by atoms with Crippen LogP contribution in [0.3, 0.4) is 0 Å². The molecule has 0 heterocycles. The van der Waals surface area contributed by atoms with E-state index in [1.165, 1.54) is 25.7 Å². The number of aryl methyl sites for hydroxylation is 2. The minimum atomic E-state index is -0.574. The summed E-state index contributed by atoms with van der Waals surface area (Å²) in [6, 6.07) is 20.4. The van der Waals surface area contributed by atoms with Crippen LogP contribution in [0.25, 0.3) is 11.1 Å². The number of esters is 1. The number of nitrogens with two attached hydrogens (primary N) is 1. The van der Waals surface area contributed by atoms with Crippen LogP contribution in [0.1, 0.15) is 131 Å². The molecule has 0 atom stereocenters. The Morgan fingerprint density at radius 1 is 0.784 bits per heavy atom. The fourth-order valence-electron chi connectivity index (χ4n) is 7.59. The third kappa shape index (κ3) is 7.73. The van der Waals surface area contributed by atoms with Gasteiger partial charge in [0.2, 0.25) is 0 Å². The van der Waals surface area contributed by atoms with Gasteiger partial charge in [-0.15, -0.1) is 0 Å². The molecule has 2 aliphatic rings. The first-order valence-corrected chi connectivity index (χ1v) is 18.7. The fourth-order valence-corrected chi connectivity index (χ4v) is 7.59. The maximum Gasteiger partial charge on any atom is 0.340 e. The molecule has 1 saturated carbocycles. The van der Waals surface area contributed by atoms with Crippen LogP contribution in [0, 0.1) is 19.8 Å². The van der Waals surface area contributed by atoms with Gasteiger partial charge in [0.25, 0.3) is 0 Å². The van der Waals surface area contributed by atoms with Gasteiger partial charge in [0.1, 0.15) is 11.9 Å². The van der Waals surface area contributed by atoms with Gasteiger partial charge < -0.3 is 20.5 Å². The van der Waals surface area contributed by atoms with E-state index in [1.807, 2.05) is 24.3 Å². The van der Waals surface area contributed by atoms with E-state index in [0.717, 1.165) is 66.5 Å². The predicted molar refractivity (Wildman–Crippen MR) is 205 cm³/mol. The first kappa shape index (κ1) is 35.9. The number of anilines is 3. The van der Waals surface area contributed by atoms with E-state index in [0.29, 0.717) is 29.5 Å². The average molecular weight is 687 g/mol. The van der Waals surface area contributed by atoms with Crippen LogP contribution in [-0.4, -0.2) is 30.2 Å². The summed E-state index contributed by atoms with van der Waals surface area (Å²) in [5, 5.41) is 3.35. The lowest BCUT2D eigenvalue weighted by molar-refractivity contribution is 0.0162. The van der Waals surface area contributed by atoms with Gasteiger partial charge in [-0.2, -0.15) is 0 Å². The monoisotopic (exact) mass is 686 g/mol. The van der Waals surface area contributed by atoms with Crippen LogP contribution in [0.15, 0.2) is 66.7 Å². The number of ketones is 2. The molecule has 0 amide bonds. The van der Waals surface area contributed by atoms with Gasteiger partial charge in [-0.25, -0.2) is 4.79 Å². The largest absolute Gasteiger partial charge is 0.493 e. The molecule has 7 heteroatoms. The van der Waals surface area contributed by atoms with Crippen LogP contribution in [0.4, 0.5) is 17.1 Å². The molecule has 0 saturated heterocycles. The van der Waals surface area contributed by atoms with Gasteiger partial charge in [0.05, 0.1) is 34.7 Å². The third-order valence-electron chi connectivity index (χ3n) is 10.4. The molecule has 7 nitrogen and oxygen atoms in total. The summed E-state index contributed by atoms with van der Waals surface area (Å²) in [6.07, 6.45) is 10.5. The third-order valence-corrected chi connectivity index (χ3v) is 10.4. The predicted octanol–water partition coefficient (Wildman–Crippen LogP) is 10.5. The molecule has 266 valence electrons. The molecule has 2 aliphatic carbocycles. The highest BCUT2D eigenvalue weighted by Crippen LogP contribution is 2.40. The van der Waals surface area contributed by atoms with Crippen LogP contribution in [0.2, 0.25) is 0 Å². The number of nitrogens with one attached hydrogen (secondary N) is 1. The second kappa shape index (κ2) is 16.0. The van der Waals surface area contributed by atoms with Crippen molar-refractivity contribution in [2.75, 3.05) is 17.7 Å². The minimum absolute atomic E-state index is 0.0233. The smallest absolute Gasteiger partial charge is 0.340 e. The molecule has 6 rings (SSSR count). The van der Waals surface area contributed by atoms with Crippen molar-refractivity contribution in [2.24, 2.45) is 5.92 Å². The summed E-state index contributed by atoms with van der Waals surface area (Å²) in [5.74, 6) is 0.327. The number of unbranched alkanes of at least 4 members (excludes halogenated alkanes) is 3. The Hall–Kier alpha value is -4.91. The molecular weight excluding hydrogens is 636 g/mol. The number of carbonyl (C=O) groups is 3. The summed E-state index contributed by atoms with van der Waals surface area (Å²) in [7, 11) is 0. The first-order chi connectivity index (χ1) is 24.7. The van der Waals surface area contributed by atoms with Crippen LogP contribution in [-0.2, 0) is 4.74 Å². The Labute approximate surface area is 301 Å². The van der Waals surface area contributed by atoms with E-state index < -0.39 is 5.97 Å². The molecule has 4 aromatic carbocycles. The van der Waals surface area contributed by atoms with Gasteiger partial charge in [0.15, 0.2) is 11.6 Å². The maximum absolute atomic E-state index is 14.0. The Balaban J connectivity index is 1.28. The SMILES string of the molecule is CCCCCC1CCC(OC(=O)c2cc(Nc3ccc(-c4cc(C)c(OCCCC)c(C)c4)cc3)c3c(c2N)C(=O)c2ccccc2C3=O)CC1. The maximum atomic E-state index is 14.0. The Bertz CT molecular complexity index is 1900. The molecule has 0 bridgehead atoms. The second-order valence-electron chi connectivity index (χ2n) is 14.2. The van der Waals surface area contributed by atoms with Crippen molar-refractivity contribution >= 4 is 34.6 Å². The van der Waals surface area contributed by atoms with Crippen LogP contribution >= 0.6 is 0 Å². The lowest BCUT2D eigenvalue weighted by atomic mass is 9.81. The van der Waals surface area contributed by atoms with Crippen molar-refractivity contribution in [3.8, 4) is 16.9 Å². The topological polar surface area (TPSA) is 108 Å². The van der Waals surface area contributed by atoms with Crippen molar-refractivity contribution in [2.45, 2.75) is 98.0 Å². The van der Waals surface area contributed by atoms with E-state index in [-0.39, 0.29) is 45.6 Å². The molecular formula is C44H50N2O5. The van der Waals surface area contributed by atoms with Crippen LogP contribution < -0.4 is 15.8 Å². The molecule has 4 aromatic rings. The van der Waals surface area contributed by atoms with E-state index in [2.05, 4.69) is 45.1 Å². The quantitative estimate of drug-likeness (QED) is 0.0721. The molecule has 0 aromatic heterocycles. The van der Waals surface area contributed by atoms with Gasteiger partial charge in [-0.1, -0.05) is 82.3 Å². The normalized spacial score (nSPS) is 16.7. The zero-order valence-corrected chi connectivity index (χ0v) is 30.4. The second-order valence-corrected chi connectivity index (χ2v) is 14.2. The summed E-state index contributed by atoms with van der Waals surface area (Å²) in [5.41, 5.74) is 12.8. The summed E-state index contributed by atoms with van der Waals surface area (Å²) < 4.78 is 12.1. The van der Waals surface area contributed by atoms with E-state index in [4.69, 9.17) is 15.2 Å². The van der Waals surface area contributed by atoms with Crippen molar-refractivity contribution in [1.82, 2.24) is 0 Å². The van der Waals surface area contributed by atoms with Crippen molar-refractivity contribution in [3.05, 3.63) is 106 Å². The molecule has 3 N–H and O–H groups in total. The van der Waals surface area contributed by atoms with E-state index in [1.54, 1.807) is 30.3 Å². The van der Waals surface area contributed by atoms with Gasteiger partial charge in [-0.3, -0.25) is 9.59 Å². The zero-order chi connectivity index (χ0) is 36.1. The number of rotatable bonds is 13. The first-order valence-electron chi connectivity index (χ1n) is 18.7. The molecule has 51 heavy (non-hydrogen) atoms. The number of benzene rings is 4.